The van der Waals surface area contributed by atoms with Crippen molar-refractivity contribution in [3.8, 4) is 5.75 Å². The van der Waals surface area contributed by atoms with Gasteiger partial charge in [0, 0.05) is 37.8 Å². The van der Waals surface area contributed by atoms with Crippen LogP contribution in [0, 0.1) is 5.92 Å². The number of aryl methyl sites for hydroxylation is 1. The highest BCUT2D eigenvalue weighted by Gasteiger charge is 2.37. The van der Waals surface area contributed by atoms with E-state index in [2.05, 4.69) is 9.71 Å². The Kier molecular flexibility index (Phi) is 8.99. The minimum absolute atomic E-state index is 0.00302. The van der Waals surface area contributed by atoms with E-state index in [1.54, 1.807) is 20.9 Å². The van der Waals surface area contributed by atoms with Crippen molar-refractivity contribution in [2.24, 2.45) is 13.0 Å². The number of aliphatic hydroxyl groups is 1. The molecule has 0 bridgehead atoms. The molecule has 12 nitrogen and oxygen atoms in total. The maximum absolute atomic E-state index is 13.7. The van der Waals surface area contributed by atoms with Crippen molar-refractivity contribution in [2.45, 2.75) is 35.9 Å². The molecule has 0 saturated heterocycles. The summed E-state index contributed by atoms with van der Waals surface area (Å²) in [4.78, 5) is 19.0. The number of amides is 1. The Labute approximate surface area is 244 Å². The molecule has 0 unspecified atom stereocenters. The van der Waals surface area contributed by atoms with Crippen LogP contribution < -0.4 is 9.46 Å². The lowest BCUT2D eigenvalue weighted by atomic mass is 9.99. The molecule has 2 aromatic carbocycles. The Morgan fingerprint density at radius 2 is 1.88 bits per heavy atom. The van der Waals surface area contributed by atoms with Gasteiger partial charge in [-0.25, -0.2) is 21.8 Å². The third kappa shape index (κ3) is 6.51. The van der Waals surface area contributed by atoms with Gasteiger partial charge >= 0.3 is 0 Å². The number of hydrogen-bond acceptors (Lipinski definition) is 8. The van der Waals surface area contributed by atoms with Crippen LogP contribution in [0.5, 0.6) is 5.75 Å². The molecule has 2 heterocycles. The molecule has 222 valence electrons. The van der Waals surface area contributed by atoms with Crippen LogP contribution in [0.3, 0.4) is 0 Å². The number of hydrogen-bond donors (Lipinski definition) is 2. The summed E-state index contributed by atoms with van der Waals surface area (Å²) in [5, 5.41) is 10.1. The molecule has 3 atom stereocenters. The maximum atomic E-state index is 13.7. The van der Waals surface area contributed by atoms with Gasteiger partial charge in [-0.3, -0.25) is 9.52 Å². The fourth-order valence-electron chi connectivity index (χ4n) is 4.39. The number of halogens is 1. The van der Waals surface area contributed by atoms with Gasteiger partial charge in [0.1, 0.15) is 6.10 Å². The summed E-state index contributed by atoms with van der Waals surface area (Å²) in [5.41, 5.74) is 0.0606. The third-order valence-corrected chi connectivity index (χ3v) is 10.2. The normalized spacial score (nSPS) is 18.8. The number of nitrogens with one attached hydrogen (secondary N) is 1. The molecule has 3 aromatic rings. The van der Waals surface area contributed by atoms with E-state index in [4.69, 9.17) is 16.3 Å². The number of rotatable bonds is 9. The first-order valence-electron chi connectivity index (χ1n) is 12.7. The van der Waals surface area contributed by atoms with Gasteiger partial charge in [-0.15, -0.1) is 0 Å². The highest BCUT2D eigenvalue weighted by molar-refractivity contribution is 7.92. The summed E-state index contributed by atoms with van der Waals surface area (Å²) >= 11 is 5.91. The summed E-state index contributed by atoms with van der Waals surface area (Å²) in [7, 11) is -5.05. The Balaban J connectivity index is 1.76. The lowest BCUT2D eigenvalue weighted by molar-refractivity contribution is 0.0389. The molecule has 0 spiro atoms. The minimum Gasteiger partial charge on any atom is -0.486 e. The number of ether oxygens (including phenoxy) is 1. The minimum atomic E-state index is -4.12. The molecule has 1 amide bonds. The van der Waals surface area contributed by atoms with E-state index < -0.39 is 44.0 Å². The summed E-state index contributed by atoms with van der Waals surface area (Å²) in [6, 6.07) is 9.46. The average Bonchev–Trinajstić information content (AvgIpc) is 3.37. The molecule has 4 rings (SSSR count). The summed E-state index contributed by atoms with van der Waals surface area (Å²) in [6.07, 6.45) is 1.95. The number of carbonyl (C=O) groups excluding carboxylic acids is 1. The van der Waals surface area contributed by atoms with Crippen LogP contribution in [0.15, 0.2) is 64.9 Å². The third-order valence-electron chi connectivity index (χ3n) is 6.85. The van der Waals surface area contributed by atoms with Crippen molar-refractivity contribution in [1.29, 1.82) is 0 Å². The topological polar surface area (TPSA) is 151 Å². The van der Waals surface area contributed by atoms with Crippen LogP contribution in [0.2, 0.25) is 5.02 Å². The largest absolute Gasteiger partial charge is 0.486 e. The lowest BCUT2D eigenvalue weighted by Gasteiger charge is -2.38. The Morgan fingerprint density at radius 1 is 1.20 bits per heavy atom. The molecule has 15 heteroatoms. The number of imidazole rings is 1. The number of carbonyl (C=O) groups is 1. The Morgan fingerprint density at radius 3 is 2.49 bits per heavy atom. The highest BCUT2D eigenvalue weighted by atomic mass is 35.5. The lowest BCUT2D eigenvalue weighted by Crippen LogP contribution is -2.50. The van der Waals surface area contributed by atoms with Crippen LogP contribution in [-0.4, -0.2) is 85.5 Å². The van der Waals surface area contributed by atoms with E-state index >= 15 is 0 Å². The molecule has 0 saturated carbocycles. The van der Waals surface area contributed by atoms with E-state index in [9.17, 15) is 26.7 Å². The monoisotopic (exact) mass is 625 g/mol. The smallest absolute Gasteiger partial charge is 0.262 e. The standard InChI is InChI=1S/C26H32ClN5O7S2/c1-17-12-32(18(2)15-33)26(34)21-6-5-7-22(29-40(35,36)20-10-8-19(27)9-11-20)25(21)39-23(17)13-31(4)41(37,38)24-14-30(3)16-28-24/h5-11,14,16-18,23,29,33H,12-13,15H2,1-4H3/t17-,18+,23-/m1/s1. The van der Waals surface area contributed by atoms with Gasteiger partial charge in [0.15, 0.2) is 10.8 Å². The number of para-hydroxylation sites is 1. The maximum Gasteiger partial charge on any atom is 0.262 e. The van der Waals surface area contributed by atoms with E-state index in [1.165, 1.54) is 71.5 Å². The fraction of sp³-hybridized carbons (Fsp3) is 0.385. The number of benzene rings is 2. The van der Waals surface area contributed by atoms with Crippen molar-refractivity contribution >= 4 is 43.2 Å². The van der Waals surface area contributed by atoms with Gasteiger partial charge in [0.25, 0.3) is 26.0 Å². The Hall–Kier alpha value is -3.17. The van der Waals surface area contributed by atoms with E-state index in [0.29, 0.717) is 5.02 Å². The number of fused-ring (bicyclic) bond motifs is 1. The number of aromatic nitrogens is 2. The quantitative estimate of drug-likeness (QED) is 0.368. The van der Waals surface area contributed by atoms with Crippen LogP contribution >= 0.6 is 11.6 Å². The van der Waals surface area contributed by atoms with Crippen molar-refractivity contribution in [2.75, 3.05) is 31.5 Å². The van der Waals surface area contributed by atoms with Crippen molar-refractivity contribution in [1.82, 2.24) is 18.8 Å². The van der Waals surface area contributed by atoms with Gasteiger partial charge in [-0.2, -0.15) is 4.31 Å². The highest BCUT2D eigenvalue weighted by Crippen LogP contribution is 2.36. The molecule has 2 N–H and O–H groups in total. The number of sulfonamides is 2. The zero-order valence-corrected chi connectivity index (χ0v) is 25.3. The number of anilines is 1. The summed E-state index contributed by atoms with van der Waals surface area (Å²) in [5.74, 6) is -0.942. The van der Waals surface area contributed by atoms with Crippen LogP contribution in [0.4, 0.5) is 5.69 Å². The molecule has 1 aliphatic rings. The molecular formula is C26H32ClN5O7S2. The van der Waals surface area contributed by atoms with Gasteiger partial charge in [0.05, 0.1) is 41.7 Å². The summed E-state index contributed by atoms with van der Waals surface area (Å²) in [6.45, 7) is 3.20. The van der Waals surface area contributed by atoms with Crippen LogP contribution in [0.25, 0.3) is 0 Å². The molecule has 1 aliphatic heterocycles. The van der Waals surface area contributed by atoms with Gasteiger partial charge in [-0.05, 0) is 43.3 Å². The van der Waals surface area contributed by atoms with E-state index in [0.717, 1.165) is 4.31 Å². The van der Waals surface area contributed by atoms with Crippen molar-refractivity contribution in [3.05, 3.63) is 65.6 Å². The van der Waals surface area contributed by atoms with Crippen LogP contribution in [0.1, 0.15) is 24.2 Å². The number of likely N-dealkylation sites (N-methyl/N-ethyl adjacent to an activating group) is 1. The van der Waals surface area contributed by atoms with Gasteiger partial charge in [-0.1, -0.05) is 24.6 Å². The fourth-order valence-corrected chi connectivity index (χ4v) is 6.72. The van der Waals surface area contributed by atoms with Gasteiger partial charge in [0.2, 0.25) is 0 Å². The molecule has 0 aliphatic carbocycles. The predicted molar refractivity (Wildman–Crippen MR) is 153 cm³/mol. The second-order valence-electron chi connectivity index (χ2n) is 10.0. The zero-order valence-electron chi connectivity index (χ0n) is 22.9. The zero-order chi connectivity index (χ0) is 30.1. The SMILES string of the molecule is C[C@@H]1CN([C@@H](C)CO)C(=O)c2cccc(NS(=O)(=O)c3ccc(Cl)cc3)c2O[C@@H]1CN(C)S(=O)(=O)c1cn(C)cn1. The predicted octanol–water partition coefficient (Wildman–Crippen LogP) is 2.42. The second kappa shape index (κ2) is 12.0. The van der Waals surface area contributed by atoms with Crippen molar-refractivity contribution < 1.29 is 31.5 Å². The molecule has 1 aromatic heterocycles. The van der Waals surface area contributed by atoms with Crippen LogP contribution in [-0.2, 0) is 27.1 Å². The Bertz CT molecular complexity index is 1630. The molecule has 0 radical (unpaired) electrons. The number of nitrogens with zero attached hydrogens (tertiary/aromatic N) is 4. The number of aliphatic hydroxyl groups excluding tert-OH is 1. The van der Waals surface area contributed by atoms with E-state index in [-0.39, 0.29) is 46.6 Å². The molecule has 0 fully saturated rings. The average molecular weight is 626 g/mol. The van der Waals surface area contributed by atoms with E-state index in [1.807, 2.05) is 0 Å². The van der Waals surface area contributed by atoms with Gasteiger partial charge < -0.3 is 19.3 Å². The first kappa shape index (κ1) is 30.8. The summed E-state index contributed by atoms with van der Waals surface area (Å²) < 4.78 is 64.4. The molecule has 41 heavy (non-hydrogen) atoms. The first-order valence-corrected chi connectivity index (χ1v) is 16.0. The van der Waals surface area contributed by atoms with Crippen molar-refractivity contribution in [3.63, 3.8) is 0 Å². The molecular weight excluding hydrogens is 594 g/mol. The second-order valence-corrected chi connectivity index (χ2v) is 14.1. The first-order chi connectivity index (χ1) is 19.2.